The lowest BCUT2D eigenvalue weighted by molar-refractivity contribution is 0.0273. The van der Waals surface area contributed by atoms with Crippen molar-refractivity contribution in [2.45, 2.75) is 49.5 Å². The summed E-state index contributed by atoms with van der Waals surface area (Å²) in [4.78, 5) is 12.4. The van der Waals surface area contributed by atoms with E-state index in [2.05, 4.69) is 10.0 Å². The van der Waals surface area contributed by atoms with Crippen LogP contribution in [0.1, 0.15) is 48.9 Å². The van der Waals surface area contributed by atoms with Crippen molar-refractivity contribution >= 4 is 33.2 Å². The summed E-state index contributed by atoms with van der Waals surface area (Å²) >= 11 is 6.03. The van der Waals surface area contributed by atoms with Crippen molar-refractivity contribution in [3.8, 4) is 0 Å². The van der Waals surface area contributed by atoms with Crippen LogP contribution in [0.2, 0.25) is 5.02 Å². The average molecular weight is 451 g/mol. The summed E-state index contributed by atoms with van der Waals surface area (Å²) in [6.45, 7) is 1.08. The first-order valence-corrected chi connectivity index (χ1v) is 12.1. The van der Waals surface area contributed by atoms with E-state index in [4.69, 9.17) is 16.3 Å². The van der Waals surface area contributed by atoms with E-state index in [9.17, 15) is 13.2 Å². The van der Waals surface area contributed by atoms with Crippen LogP contribution in [0, 0.1) is 0 Å². The van der Waals surface area contributed by atoms with Gasteiger partial charge in [0.05, 0.1) is 21.7 Å². The summed E-state index contributed by atoms with van der Waals surface area (Å²) in [6.07, 6.45) is 7.05. The fraction of sp³-hybridized carbons (Fsp3) is 0.409. The van der Waals surface area contributed by atoms with Crippen LogP contribution < -0.4 is 10.0 Å². The van der Waals surface area contributed by atoms with Crippen molar-refractivity contribution in [1.82, 2.24) is 5.32 Å². The first-order chi connectivity index (χ1) is 14.5. The summed E-state index contributed by atoms with van der Waals surface area (Å²) < 4.78 is 33.6. The molecular formula is C22H27ClN2O4S. The maximum atomic E-state index is 12.7. The monoisotopic (exact) mass is 450 g/mol. The lowest BCUT2D eigenvalue weighted by atomic mass is 9.98. The first-order valence-electron chi connectivity index (χ1n) is 10.2. The summed E-state index contributed by atoms with van der Waals surface area (Å²) in [6, 6.07) is 12.5. The zero-order valence-corrected chi connectivity index (χ0v) is 18.3. The number of halogens is 1. The van der Waals surface area contributed by atoms with Crippen LogP contribution in [0.3, 0.4) is 0 Å². The number of carbonyl (C=O) groups excluding carboxylic acids is 1. The Balaban J connectivity index is 1.52. The molecule has 3 rings (SSSR count). The molecule has 6 nitrogen and oxygen atoms in total. The number of anilines is 1. The smallest absolute Gasteiger partial charge is 0.261 e. The van der Waals surface area contributed by atoms with Gasteiger partial charge in [-0.15, -0.1) is 0 Å². The number of sulfonamides is 1. The number of hydrogen-bond acceptors (Lipinski definition) is 4. The Kier molecular flexibility index (Phi) is 8.13. The van der Waals surface area contributed by atoms with Crippen molar-refractivity contribution in [3.63, 3.8) is 0 Å². The fourth-order valence-corrected chi connectivity index (χ4v) is 4.77. The Morgan fingerprint density at radius 2 is 1.83 bits per heavy atom. The van der Waals surface area contributed by atoms with E-state index in [-0.39, 0.29) is 22.1 Å². The van der Waals surface area contributed by atoms with Gasteiger partial charge in [-0.3, -0.25) is 9.52 Å². The van der Waals surface area contributed by atoms with Gasteiger partial charge in [0.15, 0.2) is 0 Å². The van der Waals surface area contributed by atoms with Crippen LogP contribution in [0.15, 0.2) is 53.4 Å². The molecule has 0 aromatic heterocycles. The molecule has 8 heteroatoms. The Labute approximate surface area is 183 Å². The van der Waals surface area contributed by atoms with Crippen LogP contribution in [0.5, 0.6) is 0 Å². The van der Waals surface area contributed by atoms with Crippen LogP contribution >= 0.6 is 11.6 Å². The van der Waals surface area contributed by atoms with Gasteiger partial charge in [0.1, 0.15) is 0 Å². The van der Waals surface area contributed by atoms with Crippen molar-refractivity contribution in [2.24, 2.45) is 0 Å². The van der Waals surface area contributed by atoms with E-state index in [0.717, 1.165) is 12.8 Å². The highest BCUT2D eigenvalue weighted by Gasteiger charge is 2.18. The molecule has 0 aliphatic heterocycles. The normalized spacial score (nSPS) is 15.0. The molecule has 1 aliphatic rings. The third kappa shape index (κ3) is 6.45. The third-order valence-corrected chi connectivity index (χ3v) is 6.73. The number of rotatable bonds is 9. The molecule has 2 N–H and O–H groups in total. The highest BCUT2D eigenvalue weighted by Crippen LogP contribution is 2.24. The van der Waals surface area contributed by atoms with Gasteiger partial charge in [0.2, 0.25) is 0 Å². The van der Waals surface area contributed by atoms with E-state index in [0.29, 0.717) is 30.7 Å². The van der Waals surface area contributed by atoms with E-state index in [1.165, 1.54) is 31.4 Å². The van der Waals surface area contributed by atoms with E-state index < -0.39 is 10.0 Å². The SMILES string of the molecule is O=C(NCCCOC1CCCCC1)c1cccc(S(=O)(=O)Nc2ccccc2Cl)c1. The van der Waals surface area contributed by atoms with Gasteiger partial charge in [-0.25, -0.2) is 8.42 Å². The highest BCUT2D eigenvalue weighted by atomic mass is 35.5. The van der Waals surface area contributed by atoms with Crippen molar-refractivity contribution in [1.29, 1.82) is 0 Å². The molecule has 0 bridgehead atoms. The van der Waals surface area contributed by atoms with Gasteiger partial charge < -0.3 is 10.1 Å². The molecule has 0 radical (unpaired) electrons. The van der Waals surface area contributed by atoms with Crippen LogP contribution in [-0.2, 0) is 14.8 Å². The van der Waals surface area contributed by atoms with Gasteiger partial charge in [0.25, 0.3) is 15.9 Å². The standard InChI is InChI=1S/C22H27ClN2O4S/c23-20-12-4-5-13-21(20)25-30(27,28)19-11-6-8-17(16-19)22(26)24-14-7-15-29-18-9-2-1-3-10-18/h4-6,8,11-13,16,18,25H,1-3,7,9-10,14-15H2,(H,24,26). The topological polar surface area (TPSA) is 84.5 Å². The van der Waals surface area contributed by atoms with Gasteiger partial charge >= 0.3 is 0 Å². The predicted molar refractivity (Wildman–Crippen MR) is 118 cm³/mol. The molecule has 1 saturated carbocycles. The molecule has 2 aromatic rings. The molecule has 30 heavy (non-hydrogen) atoms. The number of amides is 1. The summed E-state index contributed by atoms with van der Waals surface area (Å²) in [7, 11) is -3.87. The minimum Gasteiger partial charge on any atom is -0.378 e. The van der Waals surface area contributed by atoms with E-state index >= 15 is 0 Å². The average Bonchev–Trinajstić information content (AvgIpc) is 2.76. The predicted octanol–water partition coefficient (Wildman–Crippen LogP) is 4.61. The summed E-state index contributed by atoms with van der Waals surface area (Å²) in [5, 5.41) is 3.12. The van der Waals surface area contributed by atoms with Crippen molar-refractivity contribution < 1.29 is 17.9 Å². The van der Waals surface area contributed by atoms with Gasteiger partial charge in [-0.05, 0) is 49.6 Å². The number of carbonyl (C=O) groups is 1. The van der Waals surface area contributed by atoms with Crippen LogP contribution in [0.25, 0.3) is 0 Å². The molecule has 1 amide bonds. The minimum atomic E-state index is -3.87. The second kappa shape index (κ2) is 10.8. The first kappa shape index (κ1) is 22.6. The maximum absolute atomic E-state index is 12.7. The second-order valence-corrected chi connectivity index (χ2v) is 9.44. The molecule has 0 atom stereocenters. The van der Waals surface area contributed by atoms with Gasteiger partial charge in [-0.1, -0.05) is 49.1 Å². The molecular weight excluding hydrogens is 424 g/mol. The molecule has 2 aromatic carbocycles. The Morgan fingerprint density at radius 1 is 1.07 bits per heavy atom. The molecule has 0 spiro atoms. The second-order valence-electron chi connectivity index (χ2n) is 7.35. The van der Waals surface area contributed by atoms with Crippen LogP contribution in [-0.4, -0.2) is 33.6 Å². The van der Waals surface area contributed by atoms with E-state index in [1.807, 2.05) is 0 Å². The molecule has 0 unspecified atom stereocenters. The number of nitrogens with one attached hydrogen (secondary N) is 2. The number of para-hydroxylation sites is 1. The zero-order chi connectivity index (χ0) is 21.4. The highest BCUT2D eigenvalue weighted by molar-refractivity contribution is 7.92. The quantitative estimate of drug-likeness (QED) is 0.546. The summed E-state index contributed by atoms with van der Waals surface area (Å²) in [5.41, 5.74) is 0.567. The number of ether oxygens (including phenoxy) is 1. The number of hydrogen-bond donors (Lipinski definition) is 2. The summed E-state index contributed by atoms with van der Waals surface area (Å²) in [5.74, 6) is -0.317. The maximum Gasteiger partial charge on any atom is 0.261 e. The minimum absolute atomic E-state index is 0.00398. The molecule has 0 saturated heterocycles. The van der Waals surface area contributed by atoms with Gasteiger partial charge in [-0.2, -0.15) is 0 Å². The molecule has 1 fully saturated rings. The third-order valence-electron chi connectivity index (χ3n) is 5.04. The lowest BCUT2D eigenvalue weighted by Gasteiger charge is -2.21. The van der Waals surface area contributed by atoms with Gasteiger partial charge in [0, 0.05) is 18.7 Å². The zero-order valence-electron chi connectivity index (χ0n) is 16.8. The van der Waals surface area contributed by atoms with Crippen LogP contribution in [0.4, 0.5) is 5.69 Å². The largest absolute Gasteiger partial charge is 0.378 e. The molecule has 1 aliphatic carbocycles. The molecule has 0 heterocycles. The van der Waals surface area contributed by atoms with Crippen molar-refractivity contribution in [3.05, 3.63) is 59.1 Å². The fourth-order valence-electron chi connectivity index (χ4n) is 3.41. The Bertz CT molecular complexity index is 959. The lowest BCUT2D eigenvalue weighted by Crippen LogP contribution is -2.26. The van der Waals surface area contributed by atoms with E-state index in [1.54, 1.807) is 36.4 Å². The Hall–Kier alpha value is -2.09. The molecule has 162 valence electrons. The Morgan fingerprint density at radius 3 is 2.60 bits per heavy atom. The van der Waals surface area contributed by atoms with Crippen molar-refractivity contribution in [2.75, 3.05) is 17.9 Å². The number of benzene rings is 2.